The second-order valence-electron chi connectivity index (χ2n) is 7.38. The van der Waals surface area contributed by atoms with Crippen LogP contribution in [-0.4, -0.2) is 62.3 Å². The van der Waals surface area contributed by atoms with Gasteiger partial charge in [0.15, 0.2) is 0 Å². The Morgan fingerprint density at radius 3 is 2.38 bits per heavy atom. The van der Waals surface area contributed by atoms with Crippen molar-refractivity contribution in [1.29, 1.82) is 0 Å². The Labute approximate surface area is 166 Å². The van der Waals surface area contributed by atoms with Crippen molar-refractivity contribution >= 4 is 17.9 Å². The summed E-state index contributed by atoms with van der Waals surface area (Å²) in [5, 5.41) is 0. The topological polar surface area (TPSA) is 111 Å². The van der Waals surface area contributed by atoms with E-state index in [1.54, 1.807) is 22.0 Å². The van der Waals surface area contributed by atoms with E-state index in [-0.39, 0.29) is 18.2 Å². The summed E-state index contributed by atoms with van der Waals surface area (Å²) in [5.41, 5.74) is 2.27. The van der Waals surface area contributed by atoms with E-state index in [0.29, 0.717) is 31.9 Å². The minimum absolute atomic E-state index is 0.0395. The largest absolute Gasteiger partial charge is 0.357 e. The molecule has 4 heterocycles. The van der Waals surface area contributed by atoms with Crippen molar-refractivity contribution in [1.82, 2.24) is 24.3 Å². The molecule has 0 aromatic carbocycles. The van der Waals surface area contributed by atoms with Gasteiger partial charge < -0.3 is 19.4 Å². The lowest BCUT2D eigenvalue weighted by Crippen LogP contribution is -2.37. The van der Waals surface area contributed by atoms with Crippen LogP contribution >= 0.6 is 0 Å². The monoisotopic (exact) mass is 395 g/mol. The third kappa shape index (κ3) is 4.13. The van der Waals surface area contributed by atoms with Crippen LogP contribution in [0.3, 0.4) is 0 Å². The number of carbonyl (C=O) groups is 2. The minimum Gasteiger partial charge on any atom is -0.357 e. The van der Waals surface area contributed by atoms with Crippen LogP contribution in [-0.2, 0) is 23.1 Å². The molecular formula is C20H21N5O4. The van der Waals surface area contributed by atoms with Crippen LogP contribution in [0.2, 0.25) is 0 Å². The summed E-state index contributed by atoms with van der Waals surface area (Å²) in [6, 6.07) is 3.15. The molecule has 2 aliphatic heterocycles. The Balaban J connectivity index is 1.32. The number of H-pyrrole nitrogens is 2. The van der Waals surface area contributed by atoms with E-state index in [1.165, 1.54) is 6.07 Å². The average Bonchev–Trinajstić information content (AvgIpc) is 3.33. The lowest BCUT2D eigenvalue weighted by Gasteiger charge is -2.22. The van der Waals surface area contributed by atoms with E-state index < -0.39 is 11.2 Å². The Bertz CT molecular complexity index is 1100. The predicted molar refractivity (Wildman–Crippen MR) is 106 cm³/mol. The van der Waals surface area contributed by atoms with E-state index in [2.05, 4.69) is 9.97 Å². The highest BCUT2D eigenvalue weighted by atomic mass is 16.2. The SMILES string of the molecule is Cn1ccc(/C=C/C(=O)N2CC3=C(C2)CN(C(=O)Cc2cc(=O)[nH]c(=O)[nH]2)C3)c1. The molecule has 150 valence electrons. The lowest BCUT2D eigenvalue weighted by molar-refractivity contribution is -0.129. The number of nitrogens with zero attached hydrogens (tertiary/aromatic N) is 3. The molecule has 2 N–H and O–H groups in total. The Morgan fingerprint density at radius 2 is 1.76 bits per heavy atom. The van der Waals surface area contributed by atoms with Crippen LogP contribution in [0.15, 0.2) is 51.3 Å². The van der Waals surface area contributed by atoms with E-state index >= 15 is 0 Å². The molecule has 9 heteroatoms. The third-order valence-corrected chi connectivity index (χ3v) is 5.12. The standard InChI is InChI=1S/C20H21N5O4/c1-23-5-4-13(8-23)2-3-18(27)24-9-14-11-25(12-15(14)10-24)19(28)7-16-6-17(26)22-20(29)21-16/h2-6,8H,7,9-12H2,1H3,(H2,21,22,26,29)/b3-2+. The molecule has 2 amide bonds. The number of aryl methyl sites for hydroxylation is 1. The molecule has 0 radical (unpaired) electrons. The van der Waals surface area contributed by atoms with Crippen LogP contribution in [0.5, 0.6) is 0 Å². The maximum absolute atomic E-state index is 12.5. The van der Waals surface area contributed by atoms with Gasteiger partial charge in [0.2, 0.25) is 11.8 Å². The summed E-state index contributed by atoms with van der Waals surface area (Å²) in [6.45, 7) is 1.96. The van der Waals surface area contributed by atoms with Crippen molar-refractivity contribution in [3.63, 3.8) is 0 Å². The Kier molecular flexibility index (Phi) is 4.79. The van der Waals surface area contributed by atoms with Crippen LogP contribution < -0.4 is 11.2 Å². The summed E-state index contributed by atoms with van der Waals surface area (Å²) in [6.07, 6.45) is 7.18. The van der Waals surface area contributed by atoms with Gasteiger partial charge in [0.05, 0.1) is 6.42 Å². The van der Waals surface area contributed by atoms with E-state index in [4.69, 9.17) is 0 Å². The number of rotatable bonds is 4. The van der Waals surface area contributed by atoms with Gasteiger partial charge in [-0.25, -0.2) is 4.79 Å². The van der Waals surface area contributed by atoms with Crippen molar-refractivity contribution in [2.75, 3.05) is 26.2 Å². The van der Waals surface area contributed by atoms with Crippen LogP contribution in [0.4, 0.5) is 0 Å². The lowest BCUT2D eigenvalue weighted by atomic mass is 10.2. The molecule has 2 aromatic heterocycles. The highest BCUT2D eigenvalue weighted by Crippen LogP contribution is 2.26. The summed E-state index contributed by atoms with van der Waals surface area (Å²) >= 11 is 0. The maximum Gasteiger partial charge on any atom is 0.325 e. The molecule has 0 saturated carbocycles. The first-order chi connectivity index (χ1) is 13.9. The fourth-order valence-electron chi connectivity index (χ4n) is 3.70. The molecule has 2 aliphatic rings. The number of aromatic amines is 2. The fourth-order valence-corrected chi connectivity index (χ4v) is 3.70. The number of carbonyl (C=O) groups excluding carboxylic acids is 2. The molecule has 0 aliphatic carbocycles. The summed E-state index contributed by atoms with van der Waals surface area (Å²) in [7, 11) is 1.93. The summed E-state index contributed by atoms with van der Waals surface area (Å²) in [4.78, 5) is 55.6. The zero-order valence-corrected chi connectivity index (χ0v) is 16.0. The number of amides is 2. The van der Waals surface area contributed by atoms with Crippen molar-refractivity contribution in [3.8, 4) is 0 Å². The van der Waals surface area contributed by atoms with Gasteiger partial charge in [0, 0.05) is 63.5 Å². The predicted octanol–water partition coefficient (Wildman–Crippen LogP) is -0.361. The van der Waals surface area contributed by atoms with Gasteiger partial charge in [-0.2, -0.15) is 0 Å². The molecule has 4 rings (SSSR count). The average molecular weight is 395 g/mol. The van der Waals surface area contributed by atoms with Gasteiger partial charge in [0.1, 0.15) is 0 Å². The zero-order valence-electron chi connectivity index (χ0n) is 16.0. The van der Waals surface area contributed by atoms with Crippen molar-refractivity contribution < 1.29 is 9.59 Å². The number of aromatic nitrogens is 3. The van der Waals surface area contributed by atoms with Crippen LogP contribution in [0.1, 0.15) is 11.3 Å². The number of nitrogens with one attached hydrogen (secondary N) is 2. The van der Waals surface area contributed by atoms with E-state index in [9.17, 15) is 19.2 Å². The summed E-state index contributed by atoms with van der Waals surface area (Å²) in [5.74, 6) is -0.218. The smallest absolute Gasteiger partial charge is 0.325 e. The van der Waals surface area contributed by atoms with Gasteiger partial charge in [0.25, 0.3) is 5.56 Å². The molecule has 2 aromatic rings. The molecule has 0 spiro atoms. The van der Waals surface area contributed by atoms with E-state index in [0.717, 1.165) is 16.7 Å². The first-order valence-corrected chi connectivity index (χ1v) is 9.26. The molecule has 0 fully saturated rings. The second kappa shape index (κ2) is 7.42. The molecular weight excluding hydrogens is 374 g/mol. The first kappa shape index (κ1) is 18.7. The number of hydrogen-bond donors (Lipinski definition) is 2. The van der Waals surface area contributed by atoms with Crippen molar-refractivity contribution in [2.45, 2.75) is 6.42 Å². The summed E-state index contributed by atoms with van der Waals surface area (Å²) < 4.78 is 1.92. The number of hydrogen-bond acceptors (Lipinski definition) is 4. The van der Waals surface area contributed by atoms with Crippen LogP contribution in [0.25, 0.3) is 6.08 Å². The quantitative estimate of drug-likeness (QED) is 0.544. The van der Waals surface area contributed by atoms with Gasteiger partial charge in [-0.3, -0.25) is 19.4 Å². The van der Waals surface area contributed by atoms with Crippen LogP contribution in [0, 0.1) is 0 Å². The molecule has 9 nitrogen and oxygen atoms in total. The molecule has 0 atom stereocenters. The molecule has 0 unspecified atom stereocenters. The zero-order chi connectivity index (χ0) is 20.5. The van der Waals surface area contributed by atoms with Gasteiger partial charge in [-0.15, -0.1) is 0 Å². The molecule has 0 bridgehead atoms. The van der Waals surface area contributed by atoms with Crippen molar-refractivity contribution in [2.24, 2.45) is 7.05 Å². The molecule has 0 saturated heterocycles. The van der Waals surface area contributed by atoms with Gasteiger partial charge in [-0.05, 0) is 28.9 Å². The van der Waals surface area contributed by atoms with Gasteiger partial charge >= 0.3 is 5.69 Å². The Morgan fingerprint density at radius 1 is 1.07 bits per heavy atom. The Hall–Kier alpha value is -3.62. The highest BCUT2D eigenvalue weighted by molar-refractivity contribution is 5.92. The van der Waals surface area contributed by atoms with E-state index in [1.807, 2.05) is 30.1 Å². The van der Waals surface area contributed by atoms with Gasteiger partial charge in [-0.1, -0.05) is 0 Å². The maximum atomic E-state index is 12.5. The normalized spacial score (nSPS) is 16.2. The second-order valence-corrected chi connectivity index (χ2v) is 7.38. The highest BCUT2D eigenvalue weighted by Gasteiger charge is 2.33. The van der Waals surface area contributed by atoms with Crippen molar-refractivity contribution in [3.05, 3.63) is 73.8 Å². The third-order valence-electron chi connectivity index (χ3n) is 5.12. The minimum atomic E-state index is -0.625. The molecule has 29 heavy (non-hydrogen) atoms. The first-order valence-electron chi connectivity index (χ1n) is 9.26. The fraction of sp³-hybridized carbons (Fsp3) is 0.300.